The SMILES string of the molecule is CCc1nccn1[C@@H]1CCCN(C(=O)Cn2ccc(=O)[nH]c2=O)C1. The van der Waals surface area contributed by atoms with E-state index < -0.39 is 11.2 Å². The van der Waals surface area contributed by atoms with Gasteiger partial charge in [0, 0.05) is 44.2 Å². The van der Waals surface area contributed by atoms with E-state index in [4.69, 9.17) is 0 Å². The zero-order valence-corrected chi connectivity index (χ0v) is 13.6. The van der Waals surface area contributed by atoms with Gasteiger partial charge in [-0.3, -0.25) is 19.1 Å². The number of hydrogen-bond donors (Lipinski definition) is 1. The summed E-state index contributed by atoms with van der Waals surface area (Å²) in [6.07, 6.45) is 7.88. The summed E-state index contributed by atoms with van der Waals surface area (Å²) in [7, 11) is 0. The number of likely N-dealkylation sites (tertiary alicyclic amines) is 1. The lowest BCUT2D eigenvalue weighted by Gasteiger charge is -2.34. The van der Waals surface area contributed by atoms with E-state index in [9.17, 15) is 14.4 Å². The first kappa shape index (κ1) is 16.2. The van der Waals surface area contributed by atoms with Crippen LogP contribution in [0, 0.1) is 0 Å². The number of aromatic nitrogens is 4. The summed E-state index contributed by atoms with van der Waals surface area (Å²) in [5.74, 6) is 0.901. The Kier molecular flexibility index (Phi) is 4.64. The van der Waals surface area contributed by atoms with Crippen molar-refractivity contribution in [1.82, 2.24) is 24.0 Å². The van der Waals surface area contributed by atoms with E-state index >= 15 is 0 Å². The highest BCUT2D eigenvalue weighted by molar-refractivity contribution is 5.76. The monoisotopic (exact) mass is 331 g/mol. The normalized spacial score (nSPS) is 17.9. The number of carbonyl (C=O) groups is 1. The van der Waals surface area contributed by atoms with Crippen molar-refractivity contribution in [3.8, 4) is 0 Å². The molecular weight excluding hydrogens is 310 g/mol. The number of H-pyrrole nitrogens is 1. The number of aromatic amines is 1. The van der Waals surface area contributed by atoms with Gasteiger partial charge in [0.2, 0.25) is 5.91 Å². The Labute approximate surface area is 138 Å². The van der Waals surface area contributed by atoms with Crippen LogP contribution in [0.15, 0.2) is 34.2 Å². The summed E-state index contributed by atoms with van der Waals surface area (Å²) >= 11 is 0. The topological polar surface area (TPSA) is 93.0 Å². The van der Waals surface area contributed by atoms with Crippen LogP contribution in [0.2, 0.25) is 0 Å². The molecule has 2 aromatic rings. The number of amides is 1. The molecule has 8 heteroatoms. The van der Waals surface area contributed by atoms with Crippen LogP contribution in [0.4, 0.5) is 0 Å². The number of hydrogen-bond acceptors (Lipinski definition) is 4. The summed E-state index contributed by atoms with van der Waals surface area (Å²) in [5.41, 5.74) is -1.03. The van der Waals surface area contributed by atoms with Crippen molar-refractivity contribution in [2.75, 3.05) is 13.1 Å². The molecular formula is C16H21N5O3. The average molecular weight is 331 g/mol. The Morgan fingerprint density at radius 3 is 2.96 bits per heavy atom. The third kappa shape index (κ3) is 3.32. The van der Waals surface area contributed by atoms with Crippen molar-refractivity contribution in [3.05, 3.63) is 51.3 Å². The van der Waals surface area contributed by atoms with Gasteiger partial charge in [0.15, 0.2) is 0 Å². The molecule has 0 spiro atoms. The van der Waals surface area contributed by atoms with Crippen LogP contribution >= 0.6 is 0 Å². The van der Waals surface area contributed by atoms with Gasteiger partial charge in [-0.25, -0.2) is 9.78 Å². The summed E-state index contributed by atoms with van der Waals surface area (Å²) in [6, 6.07) is 1.46. The van der Waals surface area contributed by atoms with Crippen LogP contribution in [-0.4, -0.2) is 43.0 Å². The van der Waals surface area contributed by atoms with Crippen LogP contribution in [0.1, 0.15) is 31.6 Å². The van der Waals surface area contributed by atoms with E-state index in [0.29, 0.717) is 13.1 Å². The standard InChI is InChI=1S/C16H21N5O3/c1-2-13-17-6-9-21(13)12-4-3-7-19(10-12)15(23)11-20-8-5-14(22)18-16(20)24/h5-6,8-9,12H,2-4,7,10-11H2,1H3,(H,18,22,24)/t12-/m1/s1. The number of imidazole rings is 1. The number of carbonyl (C=O) groups excluding carboxylic acids is 1. The Morgan fingerprint density at radius 1 is 1.38 bits per heavy atom. The van der Waals surface area contributed by atoms with E-state index in [1.165, 1.54) is 16.8 Å². The molecule has 24 heavy (non-hydrogen) atoms. The molecule has 8 nitrogen and oxygen atoms in total. The molecule has 0 saturated carbocycles. The fraction of sp³-hybridized carbons (Fsp3) is 0.500. The van der Waals surface area contributed by atoms with Crippen molar-refractivity contribution in [2.24, 2.45) is 0 Å². The van der Waals surface area contributed by atoms with Crippen LogP contribution in [-0.2, 0) is 17.8 Å². The van der Waals surface area contributed by atoms with Gasteiger partial charge < -0.3 is 9.47 Å². The Bertz CT molecular complexity index is 834. The van der Waals surface area contributed by atoms with E-state index in [-0.39, 0.29) is 18.5 Å². The molecule has 0 bridgehead atoms. The van der Waals surface area contributed by atoms with E-state index in [1.54, 1.807) is 11.1 Å². The van der Waals surface area contributed by atoms with E-state index in [2.05, 4.69) is 21.5 Å². The number of piperidine rings is 1. The minimum absolute atomic E-state index is 0.0626. The maximum Gasteiger partial charge on any atom is 0.328 e. The van der Waals surface area contributed by atoms with E-state index in [1.807, 2.05) is 6.20 Å². The lowest BCUT2D eigenvalue weighted by Crippen LogP contribution is -2.44. The lowest BCUT2D eigenvalue weighted by molar-refractivity contribution is -0.133. The number of nitrogens with one attached hydrogen (secondary N) is 1. The molecule has 128 valence electrons. The summed E-state index contributed by atoms with van der Waals surface area (Å²) < 4.78 is 3.37. The van der Waals surface area contributed by atoms with Crippen molar-refractivity contribution < 1.29 is 4.79 Å². The van der Waals surface area contributed by atoms with E-state index in [0.717, 1.165) is 25.1 Å². The van der Waals surface area contributed by atoms with Gasteiger partial charge in [-0.15, -0.1) is 0 Å². The van der Waals surface area contributed by atoms with Crippen LogP contribution in [0.3, 0.4) is 0 Å². The number of nitrogens with zero attached hydrogens (tertiary/aromatic N) is 4. The maximum atomic E-state index is 12.5. The van der Waals surface area contributed by atoms with Gasteiger partial charge in [-0.05, 0) is 12.8 Å². The van der Waals surface area contributed by atoms with Crippen molar-refractivity contribution in [1.29, 1.82) is 0 Å². The van der Waals surface area contributed by atoms with Crippen LogP contribution in [0.25, 0.3) is 0 Å². The first-order valence-electron chi connectivity index (χ1n) is 8.17. The van der Waals surface area contributed by atoms with Crippen molar-refractivity contribution in [3.63, 3.8) is 0 Å². The highest BCUT2D eigenvalue weighted by atomic mass is 16.2. The smallest absolute Gasteiger partial charge is 0.328 e. The third-order valence-corrected chi connectivity index (χ3v) is 4.41. The largest absolute Gasteiger partial charge is 0.339 e. The molecule has 1 N–H and O–H groups in total. The van der Waals surface area contributed by atoms with Gasteiger partial charge in [0.05, 0.1) is 6.04 Å². The second-order valence-electron chi connectivity index (χ2n) is 5.98. The molecule has 1 amide bonds. The average Bonchev–Trinajstić information content (AvgIpc) is 3.06. The van der Waals surface area contributed by atoms with Gasteiger partial charge >= 0.3 is 5.69 Å². The molecule has 0 radical (unpaired) electrons. The maximum absolute atomic E-state index is 12.5. The Hall–Kier alpha value is -2.64. The molecule has 0 aliphatic carbocycles. The predicted molar refractivity (Wildman–Crippen MR) is 87.8 cm³/mol. The van der Waals surface area contributed by atoms with Crippen LogP contribution in [0.5, 0.6) is 0 Å². The zero-order valence-electron chi connectivity index (χ0n) is 13.6. The van der Waals surface area contributed by atoms with Crippen LogP contribution < -0.4 is 11.2 Å². The molecule has 0 aromatic carbocycles. The fourth-order valence-electron chi connectivity index (χ4n) is 3.17. The van der Waals surface area contributed by atoms with Gasteiger partial charge in [0.1, 0.15) is 12.4 Å². The molecule has 0 unspecified atom stereocenters. The van der Waals surface area contributed by atoms with Gasteiger partial charge in [0.25, 0.3) is 5.56 Å². The highest BCUT2D eigenvalue weighted by Crippen LogP contribution is 2.23. The first-order chi connectivity index (χ1) is 11.6. The Balaban J connectivity index is 1.71. The molecule has 1 aliphatic heterocycles. The molecule has 1 aliphatic rings. The van der Waals surface area contributed by atoms with Gasteiger partial charge in [-0.2, -0.15) is 0 Å². The molecule has 1 atom stereocenters. The molecule has 2 aromatic heterocycles. The summed E-state index contributed by atoms with van der Waals surface area (Å²) in [4.78, 5) is 43.6. The Morgan fingerprint density at radius 2 is 2.21 bits per heavy atom. The highest BCUT2D eigenvalue weighted by Gasteiger charge is 2.25. The number of aryl methyl sites for hydroxylation is 1. The second-order valence-corrected chi connectivity index (χ2v) is 5.98. The minimum Gasteiger partial charge on any atom is -0.339 e. The zero-order chi connectivity index (χ0) is 17.1. The second kappa shape index (κ2) is 6.86. The molecule has 3 rings (SSSR count). The fourth-order valence-corrected chi connectivity index (χ4v) is 3.17. The molecule has 1 fully saturated rings. The minimum atomic E-state index is -0.563. The number of rotatable bonds is 4. The van der Waals surface area contributed by atoms with Gasteiger partial charge in [-0.1, -0.05) is 6.92 Å². The molecule has 3 heterocycles. The summed E-state index contributed by atoms with van der Waals surface area (Å²) in [6.45, 7) is 3.30. The van der Waals surface area contributed by atoms with Crippen molar-refractivity contribution >= 4 is 5.91 Å². The van der Waals surface area contributed by atoms with Crippen molar-refractivity contribution in [2.45, 2.75) is 38.8 Å². The predicted octanol–water partition coefficient (Wildman–Crippen LogP) is 0.159. The third-order valence-electron chi connectivity index (χ3n) is 4.41. The quantitative estimate of drug-likeness (QED) is 0.863. The summed E-state index contributed by atoms with van der Waals surface area (Å²) in [5, 5.41) is 0. The molecule has 1 saturated heterocycles. The first-order valence-corrected chi connectivity index (χ1v) is 8.17. The lowest BCUT2D eigenvalue weighted by atomic mass is 10.1.